The van der Waals surface area contributed by atoms with Crippen molar-refractivity contribution >= 4 is 38.6 Å². The SMILES string of the molecule is CN1CCC(NS(=O)(=O)c2cc([N+](=O)[O-])c(Cl)s2)C1. The molecule has 19 heavy (non-hydrogen) atoms. The van der Waals surface area contributed by atoms with Crippen LogP contribution in [0.2, 0.25) is 4.34 Å². The largest absolute Gasteiger partial charge is 0.305 e. The van der Waals surface area contributed by atoms with Crippen molar-refractivity contribution in [1.29, 1.82) is 0 Å². The van der Waals surface area contributed by atoms with Gasteiger partial charge in [-0.05, 0) is 20.0 Å². The van der Waals surface area contributed by atoms with E-state index < -0.39 is 14.9 Å². The molecule has 10 heteroatoms. The van der Waals surface area contributed by atoms with Gasteiger partial charge >= 0.3 is 0 Å². The van der Waals surface area contributed by atoms with Crippen LogP contribution in [0.25, 0.3) is 0 Å². The lowest BCUT2D eigenvalue weighted by Gasteiger charge is -2.11. The fourth-order valence-electron chi connectivity index (χ4n) is 1.90. The number of hydrogen-bond acceptors (Lipinski definition) is 6. The third kappa shape index (κ3) is 3.23. The summed E-state index contributed by atoms with van der Waals surface area (Å²) in [5, 5.41) is 10.7. The second kappa shape index (κ2) is 5.33. The van der Waals surface area contributed by atoms with Crippen LogP contribution >= 0.6 is 22.9 Å². The Morgan fingerprint density at radius 1 is 1.63 bits per heavy atom. The van der Waals surface area contributed by atoms with Crippen LogP contribution < -0.4 is 4.72 Å². The fraction of sp³-hybridized carbons (Fsp3) is 0.556. The number of nitrogens with one attached hydrogen (secondary N) is 1. The molecule has 2 heterocycles. The summed E-state index contributed by atoms with van der Waals surface area (Å²) in [7, 11) is -1.85. The molecule has 2 rings (SSSR count). The minimum absolute atomic E-state index is 0.126. The lowest BCUT2D eigenvalue weighted by molar-refractivity contribution is -0.384. The maximum Gasteiger partial charge on any atom is 0.300 e. The van der Waals surface area contributed by atoms with E-state index in [4.69, 9.17) is 11.6 Å². The van der Waals surface area contributed by atoms with E-state index in [9.17, 15) is 18.5 Å². The van der Waals surface area contributed by atoms with E-state index in [-0.39, 0.29) is 20.3 Å². The second-order valence-corrected chi connectivity index (χ2v) is 7.95. The summed E-state index contributed by atoms with van der Waals surface area (Å²) in [6, 6.07) is 0.823. The molecule has 0 bridgehead atoms. The molecule has 1 unspecified atom stereocenters. The van der Waals surface area contributed by atoms with Crippen LogP contribution in [0.3, 0.4) is 0 Å². The molecule has 1 aliphatic rings. The summed E-state index contributed by atoms with van der Waals surface area (Å²) in [6.07, 6.45) is 0.719. The van der Waals surface area contributed by atoms with Gasteiger partial charge in [-0.15, -0.1) is 11.3 Å². The minimum Gasteiger partial charge on any atom is -0.305 e. The number of hydrogen-bond donors (Lipinski definition) is 1. The number of nitro groups is 1. The Kier molecular flexibility index (Phi) is 4.11. The van der Waals surface area contributed by atoms with Gasteiger partial charge in [0.05, 0.1) is 4.92 Å². The highest BCUT2D eigenvalue weighted by Gasteiger charge is 2.29. The Labute approximate surface area is 119 Å². The van der Waals surface area contributed by atoms with Crippen LogP contribution in [0.15, 0.2) is 10.3 Å². The molecular weight excluding hydrogens is 314 g/mol. The zero-order valence-electron chi connectivity index (χ0n) is 10.00. The highest BCUT2D eigenvalue weighted by molar-refractivity contribution is 7.91. The first kappa shape index (κ1) is 14.7. The number of nitrogens with zero attached hydrogens (tertiary/aromatic N) is 2. The van der Waals surface area contributed by atoms with E-state index >= 15 is 0 Å². The zero-order chi connectivity index (χ0) is 14.2. The third-order valence-electron chi connectivity index (χ3n) is 2.82. The second-order valence-electron chi connectivity index (χ2n) is 4.35. The van der Waals surface area contributed by atoms with Gasteiger partial charge in [-0.1, -0.05) is 11.6 Å². The molecule has 0 saturated carbocycles. The molecule has 1 aromatic heterocycles. The van der Waals surface area contributed by atoms with Crippen molar-refractivity contribution in [2.45, 2.75) is 16.7 Å². The molecule has 0 aliphatic carbocycles. The Morgan fingerprint density at radius 3 is 2.79 bits per heavy atom. The van der Waals surface area contributed by atoms with Gasteiger partial charge in [0.1, 0.15) is 4.21 Å². The van der Waals surface area contributed by atoms with Crippen LogP contribution in [0.5, 0.6) is 0 Å². The summed E-state index contributed by atoms with van der Waals surface area (Å²) in [5.41, 5.74) is -0.379. The normalized spacial score (nSPS) is 20.8. The van der Waals surface area contributed by atoms with Crippen LogP contribution in [0, 0.1) is 10.1 Å². The van der Waals surface area contributed by atoms with Crippen molar-refractivity contribution in [3.63, 3.8) is 0 Å². The van der Waals surface area contributed by atoms with Gasteiger partial charge in [-0.3, -0.25) is 10.1 Å². The lowest BCUT2D eigenvalue weighted by atomic mass is 10.3. The van der Waals surface area contributed by atoms with Gasteiger partial charge in [0.15, 0.2) is 4.34 Å². The van der Waals surface area contributed by atoms with Gasteiger partial charge in [0, 0.05) is 18.7 Å². The Bertz CT molecular complexity index is 601. The summed E-state index contributed by atoms with van der Waals surface area (Å²) in [6.45, 7) is 1.44. The Morgan fingerprint density at radius 2 is 2.32 bits per heavy atom. The monoisotopic (exact) mass is 325 g/mol. The summed E-state index contributed by atoms with van der Waals surface area (Å²) < 4.78 is 26.4. The summed E-state index contributed by atoms with van der Waals surface area (Å²) in [4.78, 5) is 12.0. The average Bonchev–Trinajstić information content (AvgIpc) is 2.84. The maximum atomic E-state index is 12.1. The maximum absolute atomic E-state index is 12.1. The number of rotatable bonds is 4. The molecular formula is C9H12ClN3O4S2. The topological polar surface area (TPSA) is 92.6 Å². The molecule has 0 spiro atoms. The highest BCUT2D eigenvalue weighted by Crippen LogP contribution is 2.36. The molecule has 1 aliphatic heterocycles. The van der Waals surface area contributed by atoms with Gasteiger partial charge in [0.2, 0.25) is 0 Å². The molecule has 1 N–H and O–H groups in total. The molecule has 1 atom stereocenters. The average molecular weight is 326 g/mol. The minimum atomic E-state index is -3.75. The van der Waals surface area contributed by atoms with Gasteiger partial charge in [-0.25, -0.2) is 13.1 Å². The fourth-order valence-corrected chi connectivity index (χ4v) is 4.85. The molecule has 106 valence electrons. The van der Waals surface area contributed by atoms with E-state index in [0.717, 1.165) is 19.0 Å². The predicted molar refractivity (Wildman–Crippen MR) is 72.2 cm³/mol. The van der Waals surface area contributed by atoms with Crippen LogP contribution in [-0.4, -0.2) is 44.4 Å². The molecule has 0 amide bonds. The molecule has 0 aromatic carbocycles. The van der Waals surface area contributed by atoms with Crippen molar-refractivity contribution in [3.05, 3.63) is 20.5 Å². The van der Waals surface area contributed by atoms with Gasteiger partial charge in [0.25, 0.3) is 15.7 Å². The van der Waals surface area contributed by atoms with Crippen LogP contribution in [0.1, 0.15) is 6.42 Å². The van der Waals surface area contributed by atoms with Crippen molar-refractivity contribution in [2.24, 2.45) is 0 Å². The number of sulfonamides is 1. The molecule has 1 saturated heterocycles. The van der Waals surface area contributed by atoms with Crippen molar-refractivity contribution in [1.82, 2.24) is 9.62 Å². The lowest BCUT2D eigenvalue weighted by Crippen LogP contribution is -2.36. The van der Waals surface area contributed by atoms with Crippen molar-refractivity contribution < 1.29 is 13.3 Å². The zero-order valence-corrected chi connectivity index (χ0v) is 12.4. The predicted octanol–water partition coefficient (Wildman–Crippen LogP) is 1.29. The standard InChI is InChI=1S/C9H12ClN3O4S2/c1-12-3-2-6(5-12)11-19(16,17)8-4-7(13(14)15)9(10)18-8/h4,6,11H,2-3,5H2,1H3. The first-order valence-corrected chi connectivity index (χ1v) is 8.12. The number of likely N-dealkylation sites (N-methyl/N-ethyl adjacent to an activating group) is 1. The van der Waals surface area contributed by atoms with E-state index in [2.05, 4.69) is 4.72 Å². The smallest absolute Gasteiger partial charge is 0.300 e. The third-order valence-corrected chi connectivity index (χ3v) is 6.15. The van der Waals surface area contributed by atoms with Crippen LogP contribution in [0.4, 0.5) is 5.69 Å². The van der Waals surface area contributed by atoms with E-state index in [0.29, 0.717) is 17.9 Å². The summed E-state index contributed by atoms with van der Waals surface area (Å²) >= 11 is 6.36. The molecule has 7 nitrogen and oxygen atoms in total. The van der Waals surface area contributed by atoms with Gasteiger partial charge in [-0.2, -0.15) is 0 Å². The quantitative estimate of drug-likeness (QED) is 0.665. The first-order valence-electron chi connectivity index (χ1n) is 5.44. The molecule has 1 fully saturated rings. The summed E-state index contributed by atoms with van der Waals surface area (Å²) in [5.74, 6) is 0. The number of thiophene rings is 1. The van der Waals surface area contributed by atoms with Crippen LogP contribution in [-0.2, 0) is 10.0 Å². The number of halogens is 1. The first-order chi connectivity index (χ1) is 8.79. The molecule has 1 aromatic rings. The molecule has 0 radical (unpaired) electrons. The number of likely N-dealkylation sites (tertiary alicyclic amines) is 1. The Hall–Kier alpha value is -0.740. The van der Waals surface area contributed by atoms with Gasteiger partial charge < -0.3 is 4.90 Å². The highest BCUT2D eigenvalue weighted by atomic mass is 35.5. The Balaban J connectivity index is 2.20. The van der Waals surface area contributed by atoms with E-state index in [1.54, 1.807) is 0 Å². The van der Waals surface area contributed by atoms with Crippen molar-refractivity contribution in [2.75, 3.05) is 20.1 Å². The van der Waals surface area contributed by atoms with E-state index in [1.165, 1.54) is 0 Å². The van der Waals surface area contributed by atoms with Crippen molar-refractivity contribution in [3.8, 4) is 0 Å². The van der Waals surface area contributed by atoms with E-state index in [1.807, 2.05) is 11.9 Å².